The summed E-state index contributed by atoms with van der Waals surface area (Å²) in [5.41, 5.74) is 6.62. The third kappa shape index (κ3) is 3.52. The Morgan fingerprint density at radius 1 is 1.31 bits per heavy atom. The summed E-state index contributed by atoms with van der Waals surface area (Å²) in [6, 6.07) is 3.58. The molecular weight excluding hydrogens is 247 g/mol. The largest absolute Gasteiger partial charge is 0.396 e. The summed E-state index contributed by atoms with van der Waals surface area (Å²) in [5.74, 6) is 0. The Kier molecular flexibility index (Phi) is 4.87. The molecule has 4 N–H and O–H groups in total. The van der Waals surface area contributed by atoms with Crippen LogP contribution in [0.2, 0.25) is 10.0 Å². The van der Waals surface area contributed by atoms with Gasteiger partial charge in [0.2, 0.25) is 0 Å². The molecule has 0 saturated heterocycles. The molecule has 0 amide bonds. The molecule has 0 fully saturated rings. The number of nitrogens with one attached hydrogen (secondary N) is 1. The number of rotatable bonds is 4. The van der Waals surface area contributed by atoms with Crippen LogP contribution in [0.15, 0.2) is 12.1 Å². The van der Waals surface area contributed by atoms with Crippen LogP contribution in [0.3, 0.4) is 0 Å². The van der Waals surface area contributed by atoms with Crippen LogP contribution in [0.4, 0.5) is 5.69 Å². The van der Waals surface area contributed by atoms with Gasteiger partial charge in [0, 0.05) is 12.6 Å². The number of nitrogens with two attached hydrogens (primary N) is 1. The first-order valence-corrected chi connectivity index (χ1v) is 5.83. The van der Waals surface area contributed by atoms with Crippen LogP contribution in [0.5, 0.6) is 0 Å². The first kappa shape index (κ1) is 13.6. The normalized spacial score (nSPS) is 13.1. The van der Waals surface area contributed by atoms with Crippen molar-refractivity contribution >= 4 is 28.9 Å². The summed E-state index contributed by atoms with van der Waals surface area (Å²) in [7, 11) is 0. The van der Waals surface area contributed by atoms with E-state index in [2.05, 4.69) is 5.32 Å². The number of nitrogen functional groups attached to an aromatic ring is 1. The van der Waals surface area contributed by atoms with Gasteiger partial charge in [0.1, 0.15) is 0 Å². The van der Waals surface area contributed by atoms with Crippen LogP contribution in [0.1, 0.15) is 25.5 Å². The molecule has 0 aliphatic rings. The highest BCUT2D eigenvalue weighted by Gasteiger charge is 2.12. The van der Waals surface area contributed by atoms with Crippen LogP contribution < -0.4 is 11.1 Å². The second-order valence-electron chi connectivity index (χ2n) is 3.98. The molecule has 0 unspecified atom stereocenters. The lowest BCUT2D eigenvalue weighted by Gasteiger charge is -2.15. The van der Waals surface area contributed by atoms with E-state index in [1.54, 1.807) is 12.1 Å². The average molecular weight is 263 g/mol. The lowest BCUT2D eigenvalue weighted by atomic mass is 10.1. The smallest absolute Gasteiger partial charge is 0.0915 e. The van der Waals surface area contributed by atoms with Crippen molar-refractivity contribution in [3.63, 3.8) is 0 Å². The minimum absolute atomic E-state index is 0.314. The number of aliphatic hydroxyl groups is 1. The van der Waals surface area contributed by atoms with E-state index < -0.39 is 6.10 Å². The maximum atomic E-state index is 9.89. The molecule has 0 bridgehead atoms. The van der Waals surface area contributed by atoms with Gasteiger partial charge in [-0.1, -0.05) is 37.0 Å². The molecule has 0 aliphatic carbocycles. The molecule has 0 heterocycles. The molecule has 0 radical (unpaired) electrons. The average Bonchev–Trinajstić information content (AvgIpc) is 2.21. The highest BCUT2D eigenvalue weighted by atomic mass is 35.5. The van der Waals surface area contributed by atoms with Gasteiger partial charge in [-0.2, -0.15) is 0 Å². The number of halogens is 2. The second-order valence-corrected chi connectivity index (χ2v) is 4.79. The predicted octanol–water partition coefficient (Wildman–Crippen LogP) is 2.61. The van der Waals surface area contributed by atoms with Gasteiger partial charge in [-0.25, -0.2) is 0 Å². The van der Waals surface area contributed by atoms with E-state index in [9.17, 15) is 5.11 Å². The third-order valence-electron chi connectivity index (χ3n) is 2.21. The zero-order valence-electron chi connectivity index (χ0n) is 9.30. The van der Waals surface area contributed by atoms with Gasteiger partial charge in [-0.15, -0.1) is 0 Å². The Balaban J connectivity index is 2.80. The summed E-state index contributed by atoms with van der Waals surface area (Å²) < 4.78 is 0. The van der Waals surface area contributed by atoms with Crippen molar-refractivity contribution in [3.05, 3.63) is 27.7 Å². The van der Waals surface area contributed by atoms with Gasteiger partial charge in [0.05, 0.1) is 21.8 Å². The zero-order chi connectivity index (χ0) is 12.3. The van der Waals surface area contributed by atoms with E-state index in [0.717, 1.165) is 0 Å². The van der Waals surface area contributed by atoms with E-state index in [1.165, 1.54) is 0 Å². The van der Waals surface area contributed by atoms with Gasteiger partial charge in [0.15, 0.2) is 0 Å². The summed E-state index contributed by atoms with van der Waals surface area (Å²) >= 11 is 11.8. The van der Waals surface area contributed by atoms with Crippen LogP contribution >= 0.6 is 23.2 Å². The fourth-order valence-electron chi connectivity index (χ4n) is 1.26. The topological polar surface area (TPSA) is 58.3 Å². The van der Waals surface area contributed by atoms with Crippen LogP contribution in [0, 0.1) is 0 Å². The Hall–Kier alpha value is -0.480. The highest BCUT2D eigenvalue weighted by molar-refractivity contribution is 6.38. The molecule has 0 saturated carbocycles. The Bertz CT molecular complexity index is 346. The predicted molar refractivity (Wildman–Crippen MR) is 69.0 cm³/mol. The summed E-state index contributed by atoms with van der Waals surface area (Å²) in [6.07, 6.45) is -0.641. The Morgan fingerprint density at radius 2 is 1.81 bits per heavy atom. The van der Waals surface area contributed by atoms with E-state index in [4.69, 9.17) is 28.9 Å². The summed E-state index contributed by atoms with van der Waals surface area (Å²) in [5, 5.41) is 13.8. The quantitative estimate of drug-likeness (QED) is 0.732. The number of aliphatic hydroxyl groups excluding tert-OH is 1. The zero-order valence-corrected chi connectivity index (χ0v) is 10.8. The molecule has 1 aromatic carbocycles. The van der Waals surface area contributed by atoms with Gasteiger partial charge in [0.25, 0.3) is 0 Å². The molecule has 16 heavy (non-hydrogen) atoms. The van der Waals surface area contributed by atoms with Gasteiger partial charge in [-0.3, -0.25) is 0 Å². The molecule has 1 aromatic rings. The number of hydrogen-bond donors (Lipinski definition) is 3. The fraction of sp³-hybridized carbons (Fsp3) is 0.455. The van der Waals surface area contributed by atoms with Gasteiger partial charge in [-0.05, 0) is 17.7 Å². The minimum atomic E-state index is -0.641. The number of hydrogen-bond acceptors (Lipinski definition) is 3. The van der Waals surface area contributed by atoms with Gasteiger partial charge < -0.3 is 16.2 Å². The third-order valence-corrected chi connectivity index (χ3v) is 2.83. The van der Waals surface area contributed by atoms with Crippen molar-refractivity contribution in [2.75, 3.05) is 12.3 Å². The first-order chi connectivity index (χ1) is 7.41. The second kappa shape index (κ2) is 5.73. The molecule has 5 heteroatoms. The monoisotopic (exact) mass is 262 g/mol. The molecule has 0 aliphatic heterocycles. The summed E-state index contributed by atoms with van der Waals surface area (Å²) in [4.78, 5) is 0. The van der Waals surface area contributed by atoms with E-state index in [1.807, 2.05) is 13.8 Å². The molecule has 90 valence electrons. The van der Waals surface area contributed by atoms with Crippen molar-refractivity contribution in [3.8, 4) is 0 Å². The van der Waals surface area contributed by atoms with Crippen molar-refractivity contribution in [1.29, 1.82) is 0 Å². The maximum Gasteiger partial charge on any atom is 0.0915 e. The lowest BCUT2D eigenvalue weighted by molar-refractivity contribution is 0.171. The lowest BCUT2D eigenvalue weighted by Crippen LogP contribution is -2.27. The molecule has 1 rings (SSSR count). The number of anilines is 1. The number of benzene rings is 1. The molecule has 0 spiro atoms. The van der Waals surface area contributed by atoms with Crippen LogP contribution in [-0.4, -0.2) is 17.7 Å². The Morgan fingerprint density at radius 3 is 2.25 bits per heavy atom. The molecular formula is C11H16Cl2N2O. The minimum Gasteiger partial charge on any atom is -0.396 e. The molecule has 3 nitrogen and oxygen atoms in total. The van der Waals surface area contributed by atoms with Crippen molar-refractivity contribution in [2.45, 2.75) is 26.0 Å². The fourth-order valence-corrected chi connectivity index (χ4v) is 1.77. The maximum absolute atomic E-state index is 9.89. The first-order valence-electron chi connectivity index (χ1n) is 5.07. The standard InChI is InChI=1S/C11H16Cl2N2O/c1-6(2)15-5-10(16)7-3-8(12)11(14)9(13)4-7/h3-4,6,10,15-16H,5,14H2,1-2H3/t10-/m0/s1. The van der Waals surface area contributed by atoms with Crippen molar-refractivity contribution in [1.82, 2.24) is 5.32 Å². The Labute approximate surface area is 106 Å². The van der Waals surface area contributed by atoms with E-state index in [-0.39, 0.29) is 0 Å². The summed E-state index contributed by atoms with van der Waals surface area (Å²) in [6.45, 7) is 4.47. The van der Waals surface area contributed by atoms with Crippen molar-refractivity contribution in [2.24, 2.45) is 0 Å². The van der Waals surface area contributed by atoms with Crippen LogP contribution in [-0.2, 0) is 0 Å². The van der Waals surface area contributed by atoms with Crippen molar-refractivity contribution < 1.29 is 5.11 Å². The van der Waals surface area contributed by atoms with E-state index >= 15 is 0 Å². The van der Waals surface area contributed by atoms with Crippen LogP contribution in [0.25, 0.3) is 0 Å². The molecule has 1 atom stereocenters. The van der Waals surface area contributed by atoms with E-state index in [0.29, 0.717) is 33.9 Å². The molecule has 0 aromatic heterocycles. The SMILES string of the molecule is CC(C)NC[C@H](O)c1cc(Cl)c(N)c(Cl)c1. The van der Waals surface area contributed by atoms with Gasteiger partial charge >= 0.3 is 0 Å². The highest BCUT2D eigenvalue weighted by Crippen LogP contribution is 2.31.